The number of aromatic nitrogens is 7. The first-order chi connectivity index (χ1) is 33.7. The average Bonchev–Trinajstić information content (AvgIpc) is 3.93. The largest absolute Gasteiger partial charge is 0.309 e. The topological polar surface area (TPSA) is 74.3 Å². The minimum Gasteiger partial charge on any atom is -0.309 e. The van der Waals surface area contributed by atoms with Crippen molar-refractivity contribution in [1.82, 2.24) is 34.1 Å². The molecule has 13 rings (SSSR count). The molecule has 4 heterocycles. The molecule has 0 amide bonds. The van der Waals surface area contributed by atoms with Crippen LogP contribution in [0.5, 0.6) is 0 Å². The molecule has 0 aliphatic carbocycles. The predicted octanol–water partition coefficient (Wildman–Crippen LogP) is 14.9. The van der Waals surface area contributed by atoms with Crippen molar-refractivity contribution in [3.05, 3.63) is 237 Å². The summed E-state index contributed by atoms with van der Waals surface area (Å²) < 4.78 is 4.57. The zero-order chi connectivity index (χ0) is 45.0. The highest BCUT2D eigenvalue weighted by Gasteiger charge is 2.22. The minimum atomic E-state index is 0.554. The lowest BCUT2D eigenvalue weighted by atomic mass is 10.0. The van der Waals surface area contributed by atoms with Gasteiger partial charge in [0.25, 0.3) is 0 Å². The van der Waals surface area contributed by atoms with Crippen LogP contribution >= 0.6 is 0 Å². The van der Waals surface area contributed by atoms with Gasteiger partial charge in [-0.05, 0) is 71.8 Å². The van der Waals surface area contributed by atoms with Gasteiger partial charge in [0.1, 0.15) is 0 Å². The number of hydrogen-bond acceptors (Lipinski definition) is 5. The number of rotatable bonds is 8. The molecule has 7 heteroatoms. The van der Waals surface area contributed by atoms with E-state index in [1.807, 2.05) is 60.7 Å². The molecule has 0 spiro atoms. The van der Waals surface area contributed by atoms with Crippen LogP contribution in [0.4, 0.5) is 0 Å². The minimum absolute atomic E-state index is 0.554. The Morgan fingerprint density at radius 3 is 1.25 bits per heavy atom. The molecule has 4 aromatic heterocycles. The SMILES string of the molecule is c1ccc(-c2cccc(-c3nc(-c4ccccc4)nc(-n4c5ccccc5c5cc6c(cc54)c4ccccc4n6-c4ccc(-c5nc(-c6ccccc6)cc(-c6ccccc6)n5)cc4)n3)c2)cc1. The van der Waals surface area contributed by atoms with Gasteiger partial charge in [-0.2, -0.15) is 9.97 Å². The van der Waals surface area contributed by atoms with Crippen LogP contribution in [0.2, 0.25) is 0 Å². The van der Waals surface area contributed by atoms with Crippen LogP contribution in [0.3, 0.4) is 0 Å². The van der Waals surface area contributed by atoms with Gasteiger partial charge in [0.05, 0.1) is 33.5 Å². The fraction of sp³-hybridized carbons (Fsp3) is 0. The maximum Gasteiger partial charge on any atom is 0.238 e. The first-order valence-corrected chi connectivity index (χ1v) is 22.7. The zero-order valence-corrected chi connectivity index (χ0v) is 36.6. The highest BCUT2D eigenvalue weighted by molar-refractivity contribution is 6.19. The van der Waals surface area contributed by atoms with E-state index in [0.29, 0.717) is 23.4 Å². The van der Waals surface area contributed by atoms with Crippen LogP contribution in [-0.2, 0) is 0 Å². The highest BCUT2D eigenvalue weighted by atomic mass is 15.2. The van der Waals surface area contributed by atoms with Gasteiger partial charge in [-0.1, -0.05) is 176 Å². The van der Waals surface area contributed by atoms with E-state index < -0.39 is 0 Å². The van der Waals surface area contributed by atoms with Crippen molar-refractivity contribution in [3.63, 3.8) is 0 Å². The Morgan fingerprint density at radius 2 is 0.662 bits per heavy atom. The number of para-hydroxylation sites is 2. The molecule has 0 unspecified atom stereocenters. The molecule has 0 saturated carbocycles. The van der Waals surface area contributed by atoms with Crippen molar-refractivity contribution in [2.24, 2.45) is 0 Å². The predicted molar refractivity (Wildman–Crippen MR) is 277 cm³/mol. The lowest BCUT2D eigenvalue weighted by Crippen LogP contribution is -2.06. The Labute approximate surface area is 392 Å². The van der Waals surface area contributed by atoms with Gasteiger partial charge in [-0.15, -0.1) is 0 Å². The average molecular weight is 870 g/mol. The van der Waals surface area contributed by atoms with Gasteiger partial charge in [-0.3, -0.25) is 4.57 Å². The summed E-state index contributed by atoms with van der Waals surface area (Å²) in [5, 5.41) is 4.48. The fourth-order valence-corrected chi connectivity index (χ4v) is 9.55. The highest BCUT2D eigenvalue weighted by Crippen LogP contribution is 2.40. The Kier molecular flexibility index (Phi) is 9.35. The van der Waals surface area contributed by atoms with Crippen molar-refractivity contribution in [3.8, 4) is 79.4 Å². The molecule has 0 atom stereocenters. The Balaban J connectivity index is 0.981. The lowest BCUT2D eigenvalue weighted by molar-refractivity contribution is 0.954. The maximum absolute atomic E-state index is 5.31. The molecule has 9 aromatic carbocycles. The number of hydrogen-bond donors (Lipinski definition) is 0. The third kappa shape index (κ3) is 6.80. The molecule has 0 N–H and O–H groups in total. The standard InChI is InChI=1S/C61H39N7/c1-5-18-40(19-6-1)45-26-17-27-46(36-45)60-64-59(43-24-11-4-12-25-43)65-61(66-60)68-55-31-16-14-29-49(55)51-37-56-50(38-57(51)68)48-28-13-15-30-54(48)67(56)47-34-32-44(33-35-47)58-62-52(41-20-7-2-8-21-41)39-53(63-58)42-22-9-3-10-23-42/h1-39H. The van der Waals surface area contributed by atoms with Crippen LogP contribution < -0.4 is 0 Å². The van der Waals surface area contributed by atoms with Crippen LogP contribution in [-0.4, -0.2) is 34.1 Å². The Hall–Kier alpha value is -9.33. The van der Waals surface area contributed by atoms with Gasteiger partial charge in [0.2, 0.25) is 5.95 Å². The third-order valence-electron chi connectivity index (χ3n) is 12.8. The summed E-state index contributed by atoms with van der Waals surface area (Å²) in [5.41, 5.74) is 14.1. The van der Waals surface area contributed by atoms with Crippen molar-refractivity contribution in [1.29, 1.82) is 0 Å². The summed E-state index contributed by atoms with van der Waals surface area (Å²) in [5.74, 6) is 2.44. The van der Waals surface area contributed by atoms with E-state index in [2.05, 4.69) is 185 Å². The van der Waals surface area contributed by atoms with E-state index in [1.165, 1.54) is 0 Å². The van der Waals surface area contributed by atoms with Crippen molar-refractivity contribution in [2.75, 3.05) is 0 Å². The van der Waals surface area contributed by atoms with Crippen LogP contribution in [0.1, 0.15) is 0 Å². The molecule has 318 valence electrons. The summed E-state index contributed by atoms with van der Waals surface area (Å²) >= 11 is 0. The van der Waals surface area contributed by atoms with Gasteiger partial charge in [0, 0.05) is 55.0 Å². The second kappa shape index (κ2) is 16.3. The summed E-state index contributed by atoms with van der Waals surface area (Å²) in [6.45, 7) is 0. The quantitative estimate of drug-likeness (QED) is 0.152. The molecule has 0 bridgehead atoms. The molecule has 7 nitrogen and oxygen atoms in total. The van der Waals surface area contributed by atoms with Crippen LogP contribution in [0.25, 0.3) is 123 Å². The number of benzene rings is 9. The number of nitrogens with zero attached hydrogens (tertiary/aromatic N) is 7. The molecule has 0 saturated heterocycles. The van der Waals surface area contributed by atoms with E-state index >= 15 is 0 Å². The van der Waals surface area contributed by atoms with Crippen molar-refractivity contribution < 1.29 is 0 Å². The maximum atomic E-state index is 5.31. The molecule has 0 radical (unpaired) electrons. The summed E-state index contributed by atoms with van der Waals surface area (Å²) in [6, 6.07) is 82.2. The van der Waals surface area contributed by atoms with E-state index in [0.717, 1.165) is 99.6 Å². The number of fused-ring (bicyclic) bond motifs is 6. The van der Waals surface area contributed by atoms with E-state index in [-0.39, 0.29) is 0 Å². The third-order valence-corrected chi connectivity index (χ3v) is 12.8. The molecule has 0 aliphatic heterocycles. The normalized spacial score (nSPS) is 11.5. The van der Waals surface area contributed by atoms with Crippen molar-refractivity contribution >= 4 is 43.6 Å². The molecule has 68 heavy (non-hydrogen) atoms. The monoisotopic (exact) mass is 869 g/mol. The zero-order valence-electron chi connectivity index (χ0n) is 36.6. The molecular formula is C61H39N7. The Bertz CT molecular complexity index is 3940. The lowest BCUT2D eigenvalue weighted by Gasteiger charge is -2.12. The van der Waals surface area contributed by atoms with E-state index in [4.69, 9.17) is 24.9 Å². The molecule has 0 aliphatic rings. The van der Waals surface area contributed by atoms with Gasteiger partial charge in [-0.25, -0.2) is 15.0 Å². The molecule has 0 fully saturated rings. The van der Waals surface area contributed by atoms with Gasteiger partial charge >= 0.3 is 0 Å². The summed E-state index contributed by atoms with van der Waals surface area (Å²) in [7, 11) is 0. The smallest absolute Gasteiger partial charge is 0.238 e. The van der Waals surface area contributed by atoms with E-state index in [1.54, 1.807) is 0 Å². The van der Waals surface area contributed by atoms with E-state index in [9.17, 15) is 0 Å². The molecule has 13 aromatic rings. The van der Waals surface area contributed by atoms with Crippen molar-refractivity contribution in [2.45, 2.75) is 0 Å². The first kappa shape index (κ1) is 39.1. The summed E-state index contributed by atoms with van der Waals surface area (Å²) in [4.78, 5) is 25.9. The first-order valence-electron chi connectivity index (χ1n) is 22.7. The van der Waals surface area contributed by atoms with Gasteiger partial charge < -0.3 is 4.57 Å². The second-order valence-electron chi connectivity index (χ2n) is 16.9. The van der Waals surface area contributed by atoms with Crippen LogP contribution in [0.15, 0.2) is 237 Å². The molecular weight excluding hydrogens is 831 g/mol. The Morgan fingerprint density at radius 1 is 0.235 bits per heavy atom. The second-order valence-corrected chi connectivity index (χ2v) is 16.9. The summed E-state index contributed by atoms with van der Waals surface area (Å²) in [6.07, 6.45) is 0. The fourth-order valence-electron chi connectivity index (χ4n) is 9.55. The van der Waals surface area contributed by atoms with Crippen LogP contribution in [0, 0.1) is 0 Å². The van der Waals surface area contributed by atoms with Gasteiger partial charge in [0.15, 0.2) is 17.5 Å².